The quantitative estimate of drug-likeness (QED) is 0.464. The van der Waals surface area contributed by atoms with Gasteiger partial charge in [-0.3, -0.25) is 0 Å². The van der Waals surface area contributed by atoms with Gasteiger partial charge in [-0.2, -0.15) is 0 Å². The van der Waals surface area contributed by atoms with E-state index in [0.29, 0.717) is 0 Å². The summed E-state index contributed by atoms with van der Waals surface area (Å²) in [5.74, 6) is 1.73. The molecule has 0 saturated carbocycles. The normalized spacial score (nSPS) is 12.8. The van der Waals surface area contributed by atoms with Crippen molar-refractivity contribution < 1.29 is 0 Å². The first-order chi connectivity index (χ1) is 14.4. The van der Waals surface area contributed by atoms with E-state index in [0.717, 1.165) is 33.9 Å². The molecule has 0 amide bonds. The van der Waals surface area contributed by atoms with Crippen LogP contribution in [-0.4, -0.2) is 17.5 Å². The molecule has 0 saturated heterocycles. The van der Waals surface area contributed by atoms with Crippen LogP contribution in [0.15, 0.2) is 110 Å². The predicted molar refractivity (Wildman–Crippen MR) is 119 cm³/mol. The zero-order valence-electron chi connectivity index (χ0n) is 15.8. The molecule has 0 aliphatic carbocycles. The molecule has 137 valence electrons. The molecular formula is C24H18BN4. The highest BCUT2D eigenvalue weighted by Gasteiger charge is 2.20. The minimum absolute atomic E-state index is 0.865. The molecule has 29 heavy (non-hydrogen) atoms. The van der Waals surface area contributed by atoms with Gasteiger partial charge in [-0.25, -0.2) is 9.97 Å². The van der Waals surface area contributed by atoms with Gasteiger partial charge < -0.3 is 9.62 Å². The summed E-state index contributed by atoms with van der Waals surface area (Å²) in [6, 6.07) is 28.8. The highest BCUT2D eigenvalue weighted by molar-refractivity contribution is 6.49. The van der Waals surface area contributed by atoms with Crippen molar-refractivity contribution in [1.29, 1.82) is 0 Å². The van der Waals surface area contributed by atoms with E-state index in [4.69, 9.17) is 0 Å². The van der Waals surface area contributed by atoms with Crippen LogP contribution in [0, 0.1) is 0 Å². The summed E-state index contributed by atoms with van der Waals surface area (Å²) in [6.07, 6.45) is 7.78. The number of hydrogen-bond donors (Lipinski definition) is 0. The Morgan fingerprint density at radius 3 is 1.31 bits per heavy atom. The van der Waals surface area contributed by atoms with E-state index >= 15 is 0 Å². The first kappa shape index (κ1) is 17.3. The van der Waals surface area contributed by atoms with Gasteiger partial charge in [-0.1, -0.05) is 60.7 Å². The van der Waals surface area contributed by atoms with Gasteiger partial charge in [0.25, 0.3) is 0 Å². The molecule has 1 aliphatic rings. The van der Waals surface area contributed by atoms with Crippen molar-refractivity contribution in [2.45, 2.75) is 0 Å². The summed E-state index contributed by atoms with van der Waals surface area (Å²) in [6.45, 7) is 0. The van der Waals surface area contributed by atoms with E-state index in [2.05, 4.69) is 46.4 Å². The maximum Gasteiger partial charge on any atom is 0.402 e. The molecule has 3 heterocycles. The standard InChI is InChI=1S/C24H18BN4/c1-3-7-19(8-4-1)21-11-13-23(26-17-21)28-15-16-29(25-28)24-14-12-22(18-27-24)20-9-5-2-6-10-20/h1-18H. The molecule has 0 unspecified atom stereocenters. The van der Waals surface area contributed by atoms with Crippen LogP contribution in [0.1, 0.15) is 0 Å². The van der Waals surface area contributed by atoms with E-state index in [-0.39, 0.29) is 0 Å². The zero-order valence-corrected chi connectivity index (χ0v) is 15.8. The van der Waals surface area contributed by atoms with Gasteiger partial charge in [0.15, 0.2) is 0 Å². The van der Waals surface area contributed by atoms with Crippen LogP contribution < -0.4 is 9.62 Å². The van der Waals surface area contributed by atoms with Gasteiger partial charge >= 0.3 is 7.55 Å². The molecular weight excluding hydrogens is 355 g/mol. The van der Waals surface area contributed by atoms with Crippen LogP contribution in [-0.2, 0) is 0 Å². The smallest absolute Gasteiger partial charge is 0.358 e. The van der Waals surface area contributed by atoms with E-state index in [1.807, 2.05) is 90.5 Å². The van der Waals surface area contributed by atoms with E-state index in [9.17, 15) is 0 Å². The Hall–Kier alpha value is -3.86. The van der Waals surface area contributed by atoms with Crippen molar-refractivity contribution in [1.82, 2.24) is 9.97 Å². The number of rotatable bonds is 4. The van der Waals surface area contributed by atoms with Crippen LogP contribution in [0.3, 0.4) is 0 Å². The van der Waals surface area contributed by atoms with Gasteiger partial charge in [-0.05, 0) is 35.4 Å². The van der Waals surface area contributed by atoms with Gasteiger partial charge in [0, 0.05) is 35.9 Å². The third-order valence-electron chi connectivity index (χ3n) is 4.88. The molecule has 1 radical (unpaired) electrons. The number of nitrogens with zero attached hydrogens (tertiary/aromatic N) is 4. The lowest BCUT2D eigenvalue weighted by Gasteiger charge is -2.18. The molecule has 4 aromatic rings. The first-order valence-electron chi connectivity index (χ1n) is 9.50. The monoisotopic (exact) mass is 373 g/mol. The molecule has 4 nitrogen and oxygen atoms in total. The fourth-order valence-corrected chi connectivity index (χ4v) is 3.31. The second kappa shape index (κ2) is 7.64. The molecule has 2 aromatic heterocycles. The summed E-state index contributed by atoms with van der Waals surface area (Å²) in [5.41, 5.74) is 4.54. The highest BCUT2D eigenvalue weighted by Crippen LogP contribution is 2.25. The number of pyridine rings is 2. The molecule has 2 aromatic carbocycles. The number of benzene rings is 2. The predicted octanol–water partition coefficient (Wildman–Crippen LogP) is 5.14. The summed E-state index contributed by atoms with van der Waals surface area (Å²) in [7, 11) is 1.98. The maximum absolute atomic E-state index is 4.62. The van der Waals surface area contributed by atoms with Crippen LogP contribution >= 0.6 is 0 Å². The Labute approximate surface area is 171 Å². The zero-order chi connectivity index (χ0) is 19.5. The summed E-state index contributed by atoms with van der Waals surface area (Å²) < 4.78 is 0. The Kier molecular flexibility index (Phi) is 4.55. The Morgan fingerprint density at radius 1 is 0.483 bits per heavy atom. The lowest BCUT2D eigenvalue weighted by atomic mass is 10.1. The van der Waals surface area contributed by atoms with Crippen molar-refractivity contribution in [3.8, 4) is 22.3 Å². The Bertz CT molecular complexity index is 1020. The third kappa shape index (κ3) is 3.63. The third-order valence-corrected chi connectivity index (χ3v) is 4.88. The maximum atomic E-state index is 4.62. The Balaban J connectivity index is 1.29. The van der Waals surface area contributed by atoms with Crippen molar-refractivity contribution in [3.05, 3.63) is 110 Å². The van der Waals surface area contributed by atoms with E-state index in [1.165, 1.54) is 0 Å². The van der Waals surface area contributed by atoms with E-state index < -0.39 is 0 Å². The number of aromatic nitrogens is 2. The lowest BCUT2D eigenvalue weighted by molar-refractivity contribution is 1.23. The van der Waals surface area contributed by atoms with Gasteiger partial charge in [0.2, 0.25) is 0 Å². The molecule has 0 fully saturated rings. The second-order valence-corrected chi connectivity index (χ2v) is 6.77. The highest BCUT2D eigenvalue weighted by atomic mass is 15.3. The minimum Gasteiger partial charge on any atom is -0.358 e. The summed E-state index contributed by atoms with van der Waals surface area (Å²) >= 11 is 0. The van der Waals surface area contributed by atoms with Crippen molar-refractivity contribution in [2.75, 3.05) is 9.62 Å². The van der Waals surface area contributed by atoms with Crippen LogP contribution in [0.5, 0.6) is 0 Å². The van der Waals surface area contributed by atoms with Gasteiger partial charge in [0.1, 0.15) is 11.6 Å². The molecule has 0 spiro atoms. The SMILES string of the molecule is [B]1N(c2ccc(-c3ccccc3)cn2)C=CN1c1ccc(-c2ccccc2)cn1. The molecule has 0 N–H and O–H groups in total. The number of anilines is 2. The van der Waals surface area contributed by atoms with Gasteiger partial charge in [-0.15, -0.1) is 0 Å². The average Bonchev–Trinajstić information content (AvgIpc) is 3.31. The van der Waals surface area contributed by atoms with Gasteiger partial charge in [0.05, 0.1) is 0 Å². The molecule has 5 rings (SSSR count). The largest absolute Gasteiger partial charge is 0.402 e. The lowest BCUT2D eigenvalue weighted by Crippen LogP contribution is -2.30. The van der Waals surface area contributed by atoms with Crippen molar-refractivity contribution in [3.63, 3.8) is 0 Å². The molecule has 0 atom stereocenters. The summed E-state index contributed by atoms with van der Waals surface area (Å²) in [4.78, 5) is 13.2. The average molecular weight is 373 g/mol. The Morgan fingerprint density at radius 2 is 0.931 bits per heavy atom. The van der Waals surface area contributed by atoms with E-state index in [1.54, 1.807) is 0 Å². The topological polar surface area (TPSA) is 32.3 Å². The fraction of sp³-hybridized carbons (Fsp3) is 0. The van der Waals surface area contributed by atoms with Crippen molar-refractivity contribution >= 4 is 19.2 Å². The first-order valence-corrected chi connectivity index (χ1v) is 9.50. The summed E-state index contributed by atoms with van der Waals surface area (Å²) in [5, 5.41) is 0. The van der Waals surface area contributed by atoms with Crippen LogP contribution in [0.2, 0.25) is 0 Å². The molecule has 0 bridgehead atoms. The van der Waals surface area contributed by atoms with Crippen LogP contribution in [0.4, 0.5) is 11.6 Å². The number of hydrogen-bond acceptors (Lipinski definition) is 4. The fourth-order valence-electron chi connectivity index (χ4n) is 3.31. The molecule has 5 heteroatoms. The van der Waals surface area contributed by atoms with Crippen molar-refractivity contribution in [2.24, 2.45) is 0 Å². The molecule has 1 aliphatic heterocycles. The van der Waals surface area contributed by atoms with Crippen LogP contribution in [0.25, 0.3) is 22.3 Å². The minimum atomic E-state index is 0.865. The second-order valence-electron chi connectivity index (χ2n) is 6.77.